The van der Waals surface area contributed by atoms with E-state index in [1.807, 2.05) is 34.7 Å². The van der Waals surface area contributed by atoms with Crippen LogP contribution in [-0.2, 0) is 28.5 Å². The van der Waals surface area contributed by atoms with Gasteiger partial charge in [-0.1, -0.05) is 39.0 Å². The number of anilines is 1. The largest absolute Gasteiger partial charge is 0.507 e. The Labute approximate surface area is 320 Å². The van der Waals surface area contributed by atoms with Crippen molar-refractivity contribution >= 4 is 40.3 Å². The number of piperazine rings is 1. The van der Waals surface area contributed by atoms with E-state index in [9.17, 15) is 29.7 Å². The van der Waals surface area contributed by atoms with Gasteiger partial charge in [-0.3, -0.25) is 19.4 Å². The van der Waals surface area contributed by atoms with Crippen molar-refractivity contribution in [2.75, 3.05) is 45.7 Å². The van der Waals surface area contributed by atoms with Crippen LogP contribution in [0, 0.1) is 18.8 Å². The first kappa shape index (κ1) is 41.1. The third-order valence-corrected chi connectivity index (χ3v) is 10.5. The lowest BCUT2D eigenvalue weighted by Gasteiger charge is -2.48. The number of nitrogens with one attached hydrogen (secondary N) is 1. The van der Waals surface area contributed by atoms with Crippen molar-refractivity contribution in [1.29, 1.82) is 0 Å². The van der Waals surface area contributed by atoms with Gasteiger partial charge in [0.2, 0.25) is 6.29 Å². The number of hydrogen-bond donors (Lipinski definition) is 4. The zero-order valence-electron chi connectivity index (χ0n) is 33.1. The summed E-state index contributed by atoms with van der Waals surface area (Å²) >= 11 is 0. The summed E-state index contributed by atoms with van der Waals surface area (Å²) in [5.41, 5.74) is -0.874. The average molecular weight is 765 g/mol. The van der Waals surface area contributed by atoms with E-state index in [0.29, 0.717) is 13.1 Å². The highest BCUT2D eigenvalue weighted by molar-refractivity contribution is 6.23. The fraction of sp³-hybridized carbons (Fsp3) is 0.500. The van der Waals surface area contributed by atoms with Crippen LogP contribution in [0.25, 0.3) is 10.8 Å². The van der Waals surface area contributed by atoms with Crippen molar-refractivity contribution in [3.63, 3.8) is 0 Å². The topological polar surface area (TPSA) is 189 Å². The molecule has 0 spiro atoms. The number of carbonyl (C=O) groups excluding carboxylic acids is 3. The van der Waals surface area contributed by atoms with Crippen LogP contribution in [0.4, 0.5) is 5.69 Å². The second-order valence-corrected chi connectivity index (χ2v) is 14.9. The first-order chi connectivity index (χ1) is 25.8. The molecule has 5 rings (SSSR count). The zero-order chi connectivity index (χ0) is 40.6. The number of methoxy groups -OCH3 is 1. The molecule has 1 amide bonds. The molecule has 2 fully saturated rings. The zero-order valence-corrected chi connectivity index (χ0v) is 33.1. The van der Waals surface area contributed by atoms with Gasteiger partial charge >= 0.3 is 11.8 Å². The van der Waals surface area contributed by atoms with E-state index in [1.54, 1.807) is 43.3 Å². The highest BCUT2D eigenvalue weighted by Gasteiger charge is 2.51. The Morgan fingerprint density at radius 3 is 2.33 bits per heavy atom. The molecule has 5 atom stereocenters. The number of phenolic OH excluding ortho intramolecular Hbond substituents is 3. The summed E-state index contributed by atoms with van der Waals surface area (Å²) in [4.78, 5) is 41.3. The quantitative estimate of drug-likeness (QED) is 0.0426. The Morgan fingerprint density at radius 1 is 1.05 bits per heavy atom. The van der Waals surface area contributed by atoms with Gasteiger partial charge in [-0.2, -0.15) is 5.10 Å². The molecule has 0 saturated carbocycles. The summed E-state index contributed by atoms with van der Waals surface area (Å²) in [5, 5.41) is 43.9. The van der Waals surface area contributed by atoms with Crippen molar-refractivity contribution in [3.8, 4) is 23.0 Å². The van der Waals surface area contributed by atoms with Gasteiger partial charge in [0.1, 0.15) is 17.2 Å². The second kappa shape index (κ2) is 15.9. The number of ether oxygens (including phenoxy) is 5. The smallest absolute Gasteiger partial charge is 0.312 e. The molecule has 3 aliphatic rings. The van der Waals surface area contributed by atoms with E-state index in [2.05, 4.69) is 15.3 Å². The molecule has 4 N–H and O–H groups in total. The van der Waals surface area contributed by atoms with E-state index < -0.39 is 52.6 Å². The van der Waals surface area contributed by atoms with Crippen LogP contribution < -0.4 is 10.1 Å². The second-order valence-electron chi connectivity index (χ2n) is 14.9. The Bertz CT molecular complexity index is 1980. The number of hydrazone groups is 1. The third kappa shape index (κ3) is 8.00. The predicted octanol–water partition coefficient (Wildman–Crippen LogP) is 5.09. The molecule has 2 aromatic carbocycles. The van der Waals surface area contributed by atoms with Crippen LogP contribution in [0.1, 0.15) is 70.0 Å². The molecule has 2 aromatic rings. The summed E-state index contributed by atoms with van der Waals surface area (Å²) in [5.74, 6) is -5.31. The maximum atomic E-state index is 14.2. The molecule has 15 heteroatoms. The van der Waals surface area contributed by atoms with Crippen molar-refractivity contribution in [3.05, 3.63) is 52.8 Å². The normalized spacial score (nSPS) is 25.2. The number of phenols is 3. The van der Waals surface area contributed by atoms with Gasteiger partial charge in [0.05, 0.1) is 52.3 Å². The van der Waals surface area contributed by atoms with Gasteiger partial charge < -0.3 is 49.2 Å². The van der Waals surface area contributed by atoms with Crippen LogP contribution in [0.15, 0.2) is 41.2 Å². The number of benzene rings is 2. The molecular formula is C40H52N4O11. The standard InChI is InChI=1S/C40H52N4O11/c1-21(2)27(51-10)13-19-52-40(8)36(49)30-28-29(32(46)23(4)35(30)54-40)34(48)31(26(33(28)47)20-41-44-17-15-43(9)16-18-44)42-37(50)22(3)12-11-14-39(7)24(5)38(55-39)53-25(6)45/h11-14,19-21,24,27,38,46-48H,15-18H2,1-10H3,(H,42,50)/b14-11+,19-13+,22-12-,41-20+/t24-,27+,38+,39?,40+/m1/s1. The van der Waals surface area contributed by atoms with Crippen molar-refractivity contribution in [2.45, 2.75) is 79.2 Å². The molecule has 3 heterocycles. The number of likely N-dealkylation sites (N-methyl/N-ethyl adjacent to an activating group) is 1. The van der Waals surface area contributed by atoms with Crippen LogP contribution in [0.3, 0.4) is 0 Å². The number of carbonyl (C=O) groups is 3. The number of amides is 1. The minimum atomic E-state index is -1.89. The van der Waals surface area contributed by atoms with Crippen molar-refractivity contribution < 1.29 is 53.4 Å². The lowest BCUT2D eigenvalue weighted by Crippen LogP contribution is -2.57. The Kier molecular flexibility index (Phi) is 11.9. The predicted molar refractivity (Wildman–Crippen MR) is 205 cm³/mol. The van der Waals surface area contributed by atoms with Gasteiger partial charge in [0, 0.05) is 63.7 Å². The molecule has 0 aliphatic carbocycles. The SMILES string of the molecule is CO[C@@H](/C=C/O[C@@]1(C)Oc2c(C)c(O)c3c(O)c(NC(=O)/C(C)=C\C=C\C4(C)O[C@H](OC(C)=O)[C@H]4C)c(/C=N/N4CCN(C)CC4)c(O)c3c2C1=O)C(C)C. The minimum Gasteiger partial charge on any atom is -0.507 e. The van der Waals surface area contributed by atoms with Gasteiger partial charge in [-0.25, -0.2) is 0 Å². The number of ketones is 1. The Morgan fingerprint density at radius 2 is 1.73 bits per heavy atom. The summed E-state index contributed by atoms with van der Waals surface area (Å²) in [6.45, 7) is 16.1. The summed E-state index contributed by atoms with van der Waals surface area (Å²) < 4.78 is 28.3. The monoisotopic (exact) mass is 764 g/mol. The van der Waals surface area contributed by atoms with Gasteiger partial charge in [-0.15, -0.1) is 0 Å². The maximum Gasteiger partial charge on any atom is 0.312 e. The molecule has 0 radical (unpaired) electrons. The number of fused-ring (bicyclic) bond motifs is 3. The van der Waals surface area contributed by atoms with Gasteiger partial charge in [0.25, 0.3) is 11.7 Å². The number of aromatic hydroxyl groups is 3. The molecule has 55 heavy (non-hydrogen) atoms. The lowest BCUT2D eigenvalue weighted by atomic mass is 9.83. The number of Topliss-reactive ketones (excluding diaryl/α,β-unsaturated/α-hetero) is 1. The van der Waals surface area contributed by atoms with Crippen LogP contribution in [-0.4, -0.2) is 113 Å². The Hall–Kier alpha value is -5.12. The van der Waals surface area contributed by atoms with Crippen LogP contribution >= 0.6 is 0 Å². The van der Waals surface area contributed by atoms with Crippen LogP contribution in [0.2, 0.25) is 0 Å². The number of hydrogen-bond acceptors (Lipinski definition) is 14. The van der Waals surface area contributed by atoms with E-state index in [4.69, 9.17) is 23.7 Å². The summed E-state index contributed by atoms with van der Waals surface area (Å²) in [7, 11) is 3.55. The number of esters is 1. The molecule has 0 bridgehead atoms. The molecular weight excluding hydrogens is 712 g/mol. The third-order valence-electron chi connectivity index (χ3n) is 10.5. The minimum absolute atomic E-state index is 0.0327. The first-order valence-corrected chi connectivity index (χ1v) is 18.2. The lowest BCUT2D eigenvalue weighted by molar-refractivity contribution is -0.311. The number of rotatable bonds is 12. The molecule has 15 nitrogen and oxygen atoms in total. The maximum absolute atomic E-state index is 14.2. The molecule has 0 aromatic heterocycles. The number of nitrogens with zero attached hydrogens (tertiary/aromatic N) is 3. The highest BCUT2D eigenvalue weighted by atomic mass is 16.7. The van der Waals surface area contributed by atoms with E-state index >= 15 is 0 Å². The molecule has 3 aliphatic heterocycles. The first-order valence-electron chi connectivity index (χ1n) is 18.2. The molecule has 298 valence electrons. The fourth-order valence-electron chi connectivity index (χ4n) is 6.63. The van der Waals surface area contributed by atoms with E-state index in [-0.39, 0.29) is 62.4 Å². The van der Waals surface area contributed by atoms with Gasteiger partial charge in [-0.05, 0) is 39.8 Å². The van der Waals surface area contributed by atoms with E-state index in [0.717, 1.165) is 13.1 Å². The molecule has 1 unspecified atom stereocenters. The highest BCUT2D eigenvalue weighted by Crippen LogP contribution is 2.55. The average Bonchev–Trinajstić information content (AvgIpc) is 3.39. The summed E-state index contributed by atoms with van der Waals surface area (Å²) in [6, 6.07) is 0. The summed E-state index contributed by atoms with van der Waals surface area (Å²) in [6.07, 6.45) is 8.23. The van der Waals surface area contributed by atoms with Crippen molar-refractivity contribution in [1.82, 2.24) is 9.91 Å². The van der Waals surface area contributed by atoms with Crippen molar-refractivity contribution in [2.24, 2.45) is 16.9 Å². The van der Waals surface area contributed by atoms with Crippen LogP contribution in [0.5, 0.6) is 23.0 Å². The Balaban J connectivity index is 1.55. The fourth-order valence-corrected chi connectivity index (χ4v) is 6.63. The van der Waals surface area contributed by atoms with E-state index in [1.165, 1.54) is 33.2 Å². The van der Waals surface area contributed by atoms with Gasteiger partial charge in [0.15, 0.2) is 5.75 Å². The number of allylic oxidation sites excluding steroid dienone is 2. The molecule has 2 saturated heterocycles.